The highest BCUT2D eigenvalue weighted by molar-refractivity contribution is 8.03. The van der Waals surface area contributed by atoms with E-state index in [2.05, 4.69) is 11.0 Å². The summed E-state index contributed by atoms with van der Waals surface area (Å²) in [6.07, 6.45) is 6.63. The molecular weight excluding hydrogens is 366 g/mol. The van der Waals surface area contributed by atoms with E-state index in [9.17, 15) is 10.1 Å². The molecule has 2 heterocycles. The Labute approximate surface area is 163 Å². The first-order valence-corrected chi connectivity index (χ1v) is 10.6. The van der Waals surface area contributed by atoms with Crippen molar-refractivity contribution in [2.75, 3.05) is 12.5 Å². The van der Waals surface area contributed by atoms with Gasteiger partial charge in [0.05, 0.1) is 29.2 Å². The van der Waals surface area contributed by atoms with Crippen molar-refractivity contribution in [1.82, 2.24) is 9.80 Å². The third-order valence-electron chi connectivity index (χ3n) is 5.69. The maximum absolute atomic E-state index is 12.9. The van der Waals surface area contributed by atoms with Gasteiger partial charge in [0.25, 0.3) is 0 Å². The molecule has 0 unspecified atom stereocenters. The van der Waals surface area contributed by atoms with Gasteiger partial charge in [-0.1, -0.05) is 60.8 Å². The minimum atomic E-state index is -0.235. The smallest absolute Gasteiger partial charge is 0.229 e. The van der Waals surface area contributed by atoms with Crippen LogP contribution in [-0.2, 0) is 4.79 Å². The van der Waals surface area contributed by atoms with Crippen molar-refractivity contribution in [3.8, 4) is 6.07 Å². The molecule has 0 bridgehead atoms. The fraction of sp³-hybridized carbons (Fsp3) is 0.500. The van der Waals surface area contributed by atoms with Gasteiger partial charge in [0.1, 0.15) is 0 Å². The summed E-state index contributed by atoms with van der Waals surface area (Å²) < 4.78 is 0. The van der Waals surface area contributed by atoms with Gasteiger partial charge in [0.15, 0.2) is 0 Å². The Morgan fingerprint density at radius 3 is 2.69 bits per heavy atom. The van der Waals surface area contributed by atoms with Crippen LogP contribution in [-0.4, -0.2) is 34.3 Å². The second kappa shape index (κ2) is 7.64. The summed E-state index contributed by atoms with van der Waals surface area (Å²) in [7, 11) is 0. The van der Waals surface area contributed by atoms with Crippen LogP contribution in [0.25, 0.3) is 0 Å². The minimum absolute atomic E-state index is 0.0944. The number of carbonyl (C=O) groups excluding carboxylic acids is 1. The van der Waals surface area contributed by atoms with Crippen molar-refractivity contribution in [3.63, 3.8) is 0 Å². The molecule has 0 aromatic heterocycles. The van der Waals surface area contributed by atoms with Gasteiger partial charge in [-0.15, -0.1) is 0 Å². The Morgan fingerprint density at radius 1 is 1.19 bits per heavy atom. The summed E-state index contributed by atoms with van der Waals surface area (Å²) in [6.45, 7) is 0.617. The lowest BCUT2D eigenvalue weighted by atomic mass is 9.86. The molecule has 2 fully saturated rings. The first kappa shape index (κ1) is 17.9. The largest absolute Gasteiger partial charge is 0.292 e. The van der Waals surface area contributed by atoms with Crippen LogP contribution < -0.4 is 0 Å². The van der Waals surface area contributed by atoms with Crippen molar-refractivity contribution in [2.45, 2.75) is 50.5 Å². The number of allylic oxidation sites excluding steroid dienone is 1. The highest BCUT2D eigenvalue weighted by atomic mass is 35.5. The second-order valence-corrected chi connectivity index (χ2v) is 8.57. The van der Waals surface area contributed by atoms with Crippen LogP contribution in [0.4, 0.5) is 0 Å². The Kier molecular flexibility index (Phi) is 5.26. The van der Waals surface area contributed by atoms with Crippen molar-refractivity contribution >= 4 is 29.3 Å². The highest BCUT2D eigenvalue weighted by Gasteiger charge is 2.40. The zero-order chi connectivity index (χ0) is 18.1. The number of halogens is 1. The monoisotopic (exact) mass is 387 g/mol. The predicted molar refractivity (Wildman–Crippen MR) is 104 cm³/mol. The van der Waals surface area contributed by atoms with E-state index in [1.54, 1.807) is 11.8 Å². The number of rotatable bonds is 2. The lowest BCUT2D eigenvalue weighted by Gasteiger charge is -2.44. The quantitative estimate of drug-likeness (QED) is 0.738. The first-order chi connectivity index (χ1) is 12.7. The van der Waals surface area contributed by atoms with E-state index in [-0.39, 0.29) is 11.8 Å². The molecule has 1 aromatic carbocycles. The van der Waals surface area contributed by atoms with Crippen LogP contribution in [0.3, 0.4) is 0 Å². The normalized spacial score (nSPS) is 25.2. The van der Waals surface area contributed by atoms with Crippen LogP contribution in [0.5, 0.6) is 0 Å². The van der Waals surface area contributed by atoms with Crippen LogP contribution in [0.2, 0.25) is 5.02 Å². The number of thioether (sulfide) groups is 1. The van der Waals surface area contributed by atoms with Gasteiger partial charge < -0.3 is 0 Å². The van der Waals surface area contributed by atoms with E-state index >= 15 is 0 Å². The number of carbonyl (C=O) groups is 1. The molecule has 1 atom stereocenters. The Morgan fingerprint density at radius 2 is 1.96 bits per heavy atom. The topological polar surface area (TPSA) is 47.3 Å². The predicted octanol–water partition coefficient (Wildman–Crippen LogP) is 4.69. The van der Waals surface area contributed by atoms with E-state index in [1.165, 1.54) is 32.1 Å². The third kappa shape index (κ3) is 3.26. The molecule has 4 nitrogen and oxygen atoms in total. The van der Waals surface area contributed by atoms with Gasteiger partial charge in [-0.2, -0.15) is 5.26 Å². The fourth-order valence-corrected chi connectivity index (χ4v) is 5.78. The van der Waals surface area contributed by atoms with Crippen molar-refractivity contribution < 1.29 is 4.79 Å². The number of benzene rings is 1. The number of amides is 1. The molecule has 0 spiro atoms. The SMILES string of the molecule is N#CC1=C2SCN(C3CCCCC3)CN2C(=O)C[C@@H]1c1ccccc1Cl. The summed E-state index contributed by atoms with van der Waals surface area (Å²) in [5.41, 5.74) is 1.56. The van der Waals surface area contributed by atoms with Gasteiger partial charge in [-0.05, 0) is 24.5 Å². The van der Waals surface area contributed by atoms with Crippen molar-refractivity contribution in [3.05, 3.63) is 45.5 Å². The van der Waals surface area contributed by atoms with Gasteiger partial charge in [-0.3, -0.25) is 14.6 Å². The molecule has 0 N–H and O–H groups in total. The summed E-state index contributed by atoms with van der Waals surface area (Å²) in [4.78, 5) is 17.2. The summed E-state index contributed by atoms with van der Waals surface area (Å²) in [5, 5.41) is 11.3. The Hall–Kier alpha value is -1.48. The van der Waals surface area contributed by atoms with E-state index < -0.39 is 0 Å². The molecule has 2 aliphatic heterocycles. The summed E-state index contributed by atoms with van der Waals surface area (Å²) in [5.74, 6) is 0.711. The van der Waals surface area contributed by atoms with Crippen LogP contribution in [0, 0.1) is 11.3 Å². The Balaban J connectivity index is 1.63. The molecule has 136 valence electrons. The minimum Gasteiger partial charge on any atom is -0.292 e. The molecule has 1 aromatic rings. The summed E-state index contributed by atoms with van der Waals surface area (Å²) in [6, 6.07) is 10.5. The third-order valence-corrected chi connectivity index (χ3v) is 7.20. The van der Waals surface area contributed by atoms with Crippen LogP contribution >= 0.6 is 23.4 Å². The average Bonchev–Trinajstić information content (AvgIpc) is 2.69. The molecule has 1 saturated carbocycles. The number of hydrogen-bond acceptors (Lipinski definition) is 4. The zero-order valence-electron chi connectivity index (χ0n) is 14.7. The molecule has 0 radical (unpaired) electrons. The number of nitriles is 1. The lowest BCUT2D eigenvalue weighted by molar-refractivity contribution is -0.132. The standard InChI is InChI=1S/C20H22ClN3OS/c21-18-9-5-4-8-15(18)16-10-19(25)24-12-23(14-6-2-1-3-7-14)13-26-20(24)17(16)11-22/h4-5,8-9,14,16H,1-3,6-7,10,12-13H2/t16-/m1/s1. The van der Waals surface area contributed by atoms with E-state index in [0.717, 1.165) is 16.5 Å². The van der Waals surface area contributed by atoms with Gasteiger partial charge >= 0.3 is 0 Å². The average molecular weight is 388 g/mol. The van der Waals surface area contributed by atoms with E-state index in [0.29, 0.717) is 29.7 Å². The number of nitrogens with zero attached hydrogens (tertiary/aromatic N) is 3. The molecule has 4 rings (SSSR count). The molecule has 26 heavy (non-hydrogen) atoms. The molecule has 1 saturated heterocycles. The number of hydrogen-bond donors (Lipinski definition) is 0. The lowest BCUT2D eigenvalue weighted by Crippen LogP contribution is -2.51. The van der Waals surface area contributed by atoms with Crippen LogP contribution in [0.15, 0.2) is 34.9 Å². The maximum Gasteiger partial charge on any atom is 0.229 e. The van der Waals surface area contributed by atoms with Gasteiger partial charge in [0.2, 0.25) is 5.91 Å². The number of fused-ring (bicyclic) bond motifs is 1. The molecule has 6 heteroatoms. The van der Waals surface area contributed by atoms with E-state index in [4.69, 9.17) is 11.6 Å². The molecule has 3 aliphatic rings. The van der Waals surface area contributed by atoms with Gasteiger partial charge in [-0.25, -0.2) is 0 Å². The maximum atomic E-state index is 12.9. The fourth-order valence-electron chi connectivity index (χ4n) is 4.28. The Bertz CT molecular complexity index is 782. The van der Waals surface area contributed by atoms with Crippen molar-refractivity contribution in [1.29, 1.82) is 5.26 Å². The molecular formula is C20H22ClN3OS. The van der Waals surface area contributed by atoms with Gasteiger partial charge in [0, 0.05) is 23.4 Å². The van der Waals surface area contributed by atoms with Crippen molar-refractivity contribution in [2.24, 2.45) is 0 Å². The highest BCUT2D eigenvalue weighted by Crippen LogP contribution is 2.44. The second-order valence-electron chi connectivity index (χ2n) is 7.23. The summed E-state index contributed by atoms with van der Waals surface area (Å²) >= 11 is 7.99. The first-order valence-electron chi connectivity index (χ1n) is 9.25. The molecule has 1 amide bonds. The zero-order valence-corrected chi connectivity index (χ0v) is 16.2. The molecule has 1 aliphatic carbocycles. The van der Waals surface area contributed by atoms with Crippen LogP contribution in [0.1, 0.15) is 50.0 Å². The van der Waals surface area contributed by atoms with E-state index in [1.807, 2.05) is 29.2 Å².